The molecule has 3 aliphatic heterocycles. The lowest BCUT2D eigenvalue weighted by Gasteiger charge is -2.24. The number of likely N-dealkylation sites (tertiary alicyclic amines) is 1. The second-order valence-electron chi connectivity index (χ2n) is 9.79. The molecule has 0 bridgehead atoms. The van der Waals surface area contributed by atoms with Crippen molar-refractivity contribution in [3.63, 3.8) is 0 Å². The van der Waals surface area contributed by atoms with Crippen molar-refractivity contribution in [1.29, 1.82) is 0 Å². The van der Waals surface area contributed by atoms with E-state index < -0.39 is 5.41 Å². The molecule has 1 spiro atoms. The molecule has 3 aromatic rings. The molecule has 3 saturated heterocycles. The van der Waals surface area contributed by atoms with Gasteiger partial charge in [0.25, 0.3) is 0 Å². The number of fused-ring (bicyclic) bond motifs is 1. The van der Waals surface area contributed by atoms with Crippen LogP contribution in [0.1, 0.15) is 43.9 Å². The van der Waals surface area contributed by atoms with Crippen LogP contribution < -0.4 is 4.90 Å². The summed E-state index contributed by atoms with van der Waals surface area (Å²) in [5, 5.41) is 4.62. The maximum atomic E-state index is 13.6. The lowest BCUT2D eigenvalue weighted by molar-refractivity contribution is -0.124. The van der Waals surface area contributed by atoms with Gasteiger partial charge in [-0.25, -0.2) is 14.5 Å². The number of amides is 2. The maximum absolute atomic E-state index is 13.6. The van der Waals surface area contributed by atoms with E-state index in [1.54, 1.807) is 9.80 Å². The van der Waals surface area contributed by atoms with Crippen LogP contribution in [0.25, 0.3) is 11.0 Å². The molecule has 2 atom stereocenters. The molecule has 5 heterocycles. The highest BCUT2D eigenvalue weighted by molar-refractivity contribution is 9.10. The molecular formula is C26H28BrN5O4. The zero-order valence-corrected chi connectivity index (χ0v) is 21.5. The predicted molar refractivity (Wildman–Crippen MR) is 136 cm³/mol. The number of carbonyl (C=O) groups excluding carboxylic acids is 2. The average Bonchev–Trinajstić information content (AvgIpc) is 3.60. The molecule has 188 valence electrons. The van der Waals surface area contributed by atoms with Crippen molar-refractivity contribution in [2.75, 3.05) is 31.1 Å². The van der Waals surface area contributed by atoms with Gasteiger partial charge in [-0.1, -0.05) is 30.3 Å². The molecule has 0 aliphatic carbocycles. The first-order valence-electron chi connectivity index (χ1n) is 12.5. The van der Waals surface area contributed by atoms with Gasteiger partial charge in [-0.2, -0.15) is 5.10 Å². The molecule has 3 aliphatic rings. The monoisotopic (exact) mass is 553 g/mol. The third kappa shape index (κ3) is 4.16. The lowest BCUT2D eigenvalue weighted by Crippen LogP contribution is -2.38. The minimum absolute atomic E-state index is 0.0202. The minimum Gasteiger partial charge on any atom is -0.445 e. The Bertz CT molecular complexity index is 1290. The number of carbonyl (C=O) groups is 2. The third-order valence-corrected chi connectivity index (χ3v) is 8.07. The van der Waals surface area contributed by atoms with Crippen molar-refractivity contribution in [2.45, 2.75) is 44.9 Å². The number of aromatic nitrogens is 3. The Morgan fingerprint density at radius 2 is 1.97 bits per heavy atom. The van der Waals surface area contributed by atoms with Crippen molar-refractivity contribution >= 4 is 44.8 Å². The van der Waals surface area contributed by atoms with Gasteiger partial charge >= 0.3 is 6.09 Å². The Kier molecular flexibility index (Phi) is 6.17. The first-order chi connectivity index (χ1) is 17.5. The summed E-state index contributed by atoms with van der Waals surface area (Å²) in [4.78, 5) is 34.5. The predicted octanol–water partition coefficient (Wildman–Crippen LogP) is 4.66. The van der Waals surface area contributed by atoms with Crippen LogP contribution in [-0.4, -0.2) is 57.9 Å². The number of halogens is 1. The van der Waals surface area contributed by atoms with Gasteiger partial charge in [0.05, 0.1) is 10.9 Å². The van der Waals surface area contributed by atoms with E-state index in [0.717, 1.165) is 36.9 Å². The number of benzene rings is 1. The third-order valence-electron chi connectivity index (χ3n) is 7.53. The van der Waals surface area contributed by atoms with E-state index in [1.807, 2.05) is 47.1 Å². The van der Waals surface area contributed by atoms with Gasteiger partial charge < -0.3 is 14.4 Å². The first-order valence-corrected chi connectivity index (χ1v) is 13.3. The van der Waals surface area contributed by atoms with E-state index >= 15 is 0 Å². The van der Waals surface area contributed by atoms with Crippen LogP contribution in [-0.2, 0) is 20.9 Å². The largest absolute Gasteiger partial charge is 0.445 e. The fourth-order valence-corrected chi connectivity index (χ4v) is 5.98. The first kappa shape index (κ1) is 23.4. The highest BCUT2D eigenvalue weighted by atomic mass is 79.9. The van der Waals surface area contributed by atoms with Gasteiger partial charge in [-0.3, -0.25) is 9.69 Å². The Morgan fingerprint density at radius 1 is 1.14 bits per heavy atom. The molecule has 6 rings (SSSR count). The van der Waals surface area contributed by atoms with Gasteiger partial charge in [0.1, 0.15) is 17.9 Å². The quantitative estimate of drug-likeness (QED) is 0.466. The second-order valence-corrected chi connectivity index (χ2v) is 10.5. The summed E-state index contributed by atoms with van der Waals surface area (Å²) in [7, 11) is 0. The molecule has 2 aromatic heterocycles. The number of pyridine rings is 1. The molecule has 1 unspecified atom stereocenters. The van der Waals surface area contributed by atoms with Crippen molar-refractivity contribution in [3.8, 4) is 0 Å². The number of anilines is 1. The maximum Gasteiger partial charge on any atom is 0.410 e. The average molecular weight is 554 g/mol. The number of hydrogen-bond donors (Lipinski definition) is 0. The molecule has 2 amide bonds. The van der Waals surface area contributed by atoms with Crippen molar-refractivity contribution < 1.29 is 19.1 Å². The summed E-state index contributed by atoms with van der Waals surface area (Å²) in [6.45, 7) is 2.41. The molecule has 0 saturated carbocycles. The van der Waals surface area contributed by atoms with Crippen molar-refractivity contribution in [3.05, 3.63) is 52.6 Å². The van der Waals surface area contributed by atoms with E-state index in [4.69, 9.17) is 14.5 Å². The SMILES string of the molecule is O=C(OCc1ccccc1)N1CC[C@]2(CCN(c3ccc4c(n3)c(Br)nn4C3CCCCO3)C2=O)C1. The molecule has 1 aromatic carbocycles. The number of hydrogen-bond acceptors (Lipinski definition) is 6. The molecule has 9 nitrogen and oxygen atoms in total. The molecule has 0 N–H and O–H groups in total. The highest BCUT2D eigenvalue weighted by Crippen LogP contribution is 2.42. The fraction of sp³-hybridized carbons (Fsp3) is 0.462. The Morgan fingerprint density at radius 3 is 2.78 bits per heavy atom. The van der Waals surface area contributed by atoms with Crippen LogP contribution in [0.5, 0.6) is 0 Å². The Labute approximate surface area is 217 Å². The van der Waals surface area contributed by atoms with Gasteiger partial charge in [0, 0.05) is 26.2 Å². The molecule has 10 heteroatoms. The summed E-state index contributed by atoms with van der Waals surface area (Å²) in [5.41, 5.74) is 1.95. The van der Waals surface area contributed by atoms with Crippen LogP contribution in [0.3, 0.4) is 0 Å². The topological polar surface area (TPSA) is 89.8 Å². The second kappa shape index (κ2) is 9.48. The fourth-order valence-electron chi connectivity index (χ4n) is 5.52. The van der Waals surface area contributed by atoms with Crippen LogP contribution in [0.4, 0.5) is 10.6 Å². The summed E-state index contributed by atoms with van der Waals surface area (Å²) in [6.07, 6.45) is 3.94. The lowest BCUT2D eigenvalue weighted by atomic mass is 9.85. The van der Waals surface area contributed by atoms with Crippen LogP contribution in [0.15, 0.2) is 47.1 Å². The molecular weight excluding hydrogens is 526 g/mol. The molecule has 3 fully saturated rings. The summed E-state index contributed by atoms with van der Waals surface area (Å²) < 4.78 is 13.9. The van der Waals surface area contributed by atoms with Crippen LogP contribution in [0.2, 0.25) is 0 Å². The van der Waals surface area contributed by atoms with E-state index in [-0.39, 0.29) is 24.8 Å². The molecule has 36 heavy (non-hydrogen) atoms. The zero-order valence-electron chi connectivity index (χ0n) is 19.9. The highest BCUT2D eigenvalue weighted by Gasteiger charge is 2.52. The summed E-state index contributed by atoms with van der Waals surface area (Å²) in [5.74, 6) is 0.631. The zero-order chi connectivity index (χ0) is 24.7. The van der Waals surface area contributed by atoms with Crippen LogP contribution >= 0.6 is 15.9 Å². The van der Waals surface area contributed by atoms with E-state index in [2.05, 4.69) is 21.0 Å². The number of rotatable bonds is 4. The smallest absolute Gasteiger partial charge is 0.410 e. The van der Waals surface area contributed by atoms with Gasteiger partial charge in [-0.05, 0) is 65.7 Å². The summed E-state index contributed by atoms with van der Waals surface area (Å²) >= 11 is 3.55. The normalized spacial score (nSPS) is 24.2. The van der Waals surface area contributed by atoms with Crippen LogP contribution in [0, 0.1) is 5.41 Å². The van der Waals surface area contributed by atoms with Crippen molar-refractivity contribution in [1.82, 2.24) is 19.7 Å². The van der Waals surface area contributed by atoms with Gasteiger partial charge in [-0.15, -0.1) is 0 Å². The summed E-state index contributed by atoms with van der Waals surface area (Å²) in [6, 6.07) is 13.4. The van der Waals surface area contributed by atoms with E-state index in [0.29, 0.717) is 48.4 Å². The van der Waals surface area contributed by atoms with Gasteiger partial charge in [0.2, 0.25) is 5.91 Å². The standard InChI is InChI=1S/C26H28BrN5O4/c27-23-22-19(32(29-23)21-8-4-5-15-35-21)9-10-20(28-22)31-14-12-26(24(31)33)11-13-30(17-26)25(34)36-16-18-6-2-1-3-7-18/h1-3,6-7,9-10,21H,4-5,8,11-17H2/t21?,26-/m0/s1. The molecule has 0 radical (unpaired) electrons. The Balaban J connectivity index is 1.15. The van der Waals surface area contributed by atoms with Gasteiger partial charge in [0.15, 0.2) is 10.8 Å². The van der Waals surface area contributed by atoms with E-state index in [1.165, 1.54) is 0 Å². The minimum atomic E-state index is -0.584. The van der Waals surface area contributed by atoms with Crippen molar-refractivity contribution in [2.24, 2.45) is 5.41 Å². The number of nitrogens with zero attached hydrogens (tertiary/aromatic N) is 5. The van der Waals surface area contributed by atoms with E-state index in [9.17, 15) is 9.59 Å². The Hall–Kier alpha value is -2.98. The number of ether oxygens (including phenoxy) is 2.